The third kappa shape index (κ3) is 6.30. The van der Waals surface area contributed by atoms with E-state index in [9.17, 15) is 27.6 Å². The Kier molecular flexibility index (Phi) is 8.60. The number of aromatic nitrogens is 1. The average molecular weight is 596 g/mol. The van der Waals surface area contributed by atoms with Gasteiger partial charge in [0.15, 0.2) is 0 Å². The topological polar surface area (TPSA) is 81.5 Å². The first kappa shape index (κ1) is 30.3. The van der Waals surface area contributed by atoms with E-state index in [1.54, 1.807) is 18.3 Å². The zero-order valence-corrected chi connectivity index (χ0v) is 24.0. The van der Waals surface area contributed by atoms with Gasteiger partial charge in [-0.15, -0.1) is 0 Å². The Morgan fingerprint density at radius 3 is 2.51 bits per heavy atom. The van der Waals surface area contributed by atoms with E-state index in [4.69, 9.17) is 4.74 Å². The maximum atomic E-state index is 14.1. The van der Waals surface area contributed by atoms with Crippen molar-refractivity contribution in [3.63, 3.8) is 0 Å². The molecule has 3 heterocycles. The first-order valence-corrected chi connectivity index (χ1v) is 14.3. The monoisotopic (exact) mass is 595 g/mol. The number of likely N-dealkylation sites (N-methyl/N-ethyl adjacent to an activating group) is 1. The van der Waals surface area contributed by atoms with Gasteiger partial charge in [-0.1, -0.05) is 6.07 Å². The fourth-order valence-electron chi connectivity index (χ4n) is 6.05. The number of benzene rings is 2. The Bertz CT molecular complexity index is 1510. The van der Waals surface area contributed by atoms with Gasteiger partial charge in [-0.2, -0.15) is 18.4 Å². The van der Waals surface area contributed by atoms with Crippen LogP contribution in [0, 0.1) is 17.1 Å². The zero-order chi connectivity index (χ0) is 30.8. The summed E-state index contributed by atoms with van der Waals surface area (Å²) < 4.78 is 59.6. The van der Waals surface area contributed by atoms with Crippen LogP contribution in [0.2, 0.25) is 0 Å². The maximum Gasteiger partial charge on any atom is 0.416 e. The van der Waals surface area contributed by atoms with Crippen molar-refractivity contribution in [3.8, 4) is 23.1 Å². The molecule has 2 aliphatic heterocycles. The molecule has 1 aromatic heterocycles. The Balaban J connectivity index is 1.45. The molecule has 0 saturated carbocycles. The van der Waals surface area contributed by atoms with Crippen molar-refractivity contribution >= 4 is 11.6 Å². The lowest BCUT2D eigenvalue weighted by Gasteiger charge is -2.42. The highest BCUT2D eigenvalue weighted by Gasteiger charge is 2.44. The van der Waals surface area contributed by atoms with Gasteiger partial charge < -0.3 is 19.9 Å². The Hall–Kier alpha value is -4.17. The van der Waals surface area contributed by atoms with Crippen LogP contribution in [0.1, 0.15) is 42.9 Å². The molecule has 226 valence electrons. The first-order chi connectivity index (χ1) is 20.5. The molecule has 2 aliphatic rings. The van der Waals surface area contributed by atoms with Gasteiger partial charge in [-0.3, -0.25) is 9.78 Å². The number of hydrogen-bond donors (Lipinski definition) is 1. The number of alkyl halides is 3. The predicted octanol–water partition coefficient (Wildman–Crippen LogP) is 5.54. The number of hydrogen-bond acceptors (Lipinski definition) is 6. The molecule has 0 aliphatic carbocycles. The average Bonchev–Trinajstić information content (AvgIpc) is 3.41. The third-order valence-electron chi connectivity index (χ3n) is 8.40. The SMILES string of the molecule is CCOc1ccc(F)cc1-c1ccc(C2(C(=O)N[C@@H]3CCN(C)C3)CCN(c3ccc(C(F)(F)F)cc3C#N)CC2)cn1. The predicted molar refractivity (Wildman–Crippen MR) is 154 cm³/mol. The molecule has 0 radical (unpaired) electrons. The van der Waals surface area contributed by atoms with Gasteiger partial charge in [0.25, 0.3) is 0 Å². The van der Waals surface area contributed by atoms with E-state index in [0.29, 0.717) is 60.8 Å². The van der Waals surface area contributed by atoms with Crippen LogP contribution >= 0.6 is 0 Å². The Morgan fingerprint density at radius 2 is 1.91 bits per heavy atom. The van der Waals surface area contributed by atoms with Gasteiger partial charge in [0.1, 0.15) is 17.6 Å². The van der Waals surface area contributed by atoms with Crippen molar-refractivity contribution in [2.45, 2.75) is 43.8 Å². The van der Waals surface area contributed by atoms with Crippen LogP contribution in [0.25, 0.3) is 11.3 Å². The van der Waals surface area contributed by atoms with E-state index in [2.05, 4.69) is 15.2 Å². The van der Waals surface area contributed by atoms with Crippen LogP contribution in [0.3, 0.4) is 0 Å². The van der Waals surface area contributed by atoms with Gasteiger partial charge in [-0.25, -0.2) is 4.39 Å². The van der Waals surface area contributed by atoms with Crippen LogP contribution in [-0.4, -0.2) is 61.7 Å². The van der Waals surface area contributed by atoms with E-state index in [1.807, 2.05) is 31.0 Å². The molecule has 1 atom stereocenters. The molecule has 0 spiro atoms. The summed E-state index contributed by atoms with van der Waals surface area (Å²) in [7, 11) is 2.00. The number of carbonyl (C=O) groups is 1. The highest BCUT2D eigenvalue weighted by atomic mass is 19.4. The van der Waals surface area contributed by atoms with Crippen molar-refractivity contribution < 1.29 is 27.1 Å². The number of ether oxygens (including phenoxy) is 1. The van der Waals surface area contributed by atoms with E-state index in [1.165, 1.54) is 18.2 Å². The number of piperidine rings is 1. The van der Waals surface area contributed by atoms with E-state index in [-0.39, 0.29) is 17.5 Å². The van der Waals surface area contributed by atoms with Crippen LogP contribution in [0.15, 0.2) is 54.7 Å². The van der Waals surface area contributed by atoms with Crippen LogP contribution in [0.5, 0.6) is 5.75 Å². The van der Waals surface area contributed by atoms with Crippen LogP contribution in [0.4, 0.5) is 23.2 Å². The number of nitriles is 1. The minimum atomic E-state index is -4.55. The lowest BCUT2D eigenvalue weighted by molar-refractivity contribution is -0.137. The second-order valence-corrected chi connectivity index (χ2v) is 11.1. The molecule has 11 heteroatoms. The van der Waals surface area contributed by atoms with Crippen LogP contribution < -0.4 is 15.0 Å². The maximum absolute atomic E-state index is 14.1. The number of likely N-dealkylation sites (tertiary alicyclic amines) is 1. The number of rotatable bonds is 7. The zero-order valence-electron chi connectivity index (χ0n) is 24.0. The van der Waals surface area contributed by atoms with E-state index in [0.717, 1.165) is 31.6 Å². The van der Waals surface area contributed by atoms with Crippen LogP contribution in [-0.2, 0) is 16.4 Å². The minimum Gasteiger partial charge on any atom is -0.493 e. The van der Waals surface area contributed by atoms with Crippen molar-refractivity contribution in [1.82, 2.24) is 15.2 Å². The number of anilines is 1. The molecule has 43 heavy (non-hydrogen) atoms. The Morgan fingerprint density at radius 1 is 1.14 bits per heavy atom. The molecular formula is C32H33F4N5O2. The molecule has 7 nitrogen and oxygen atoms in total. The van der Waals surface area contributed by atoms with E-state index < -0.39 is 23.0 Å². The van der Waals surface area contributed by atoms with Gasteiger partial charge in [0.2, 0.25) is 5.91 Å². The summed E-state index contributed by atoms with van der Waals surface area (Å²) in [6.45, 7) is 4.55. The minimum absolute atomic E-state index is 0.000728. The molecule has 1 amide bonds. The second kappa shape index (κ2) is 12.2. The lowest BCUT2D eigenvalue weighted by atomic mass is 9.72. The summed E-state index contributed by atoms with van der Waals surface area (Å²) in [6, 6.07) is 12.9. The third-order valence-corrected chi connectivity index (χ3v) is 8.40. The largest absolute Gasteiger partial charge is 0.493 e. The Labute approximate surface area is 248 Å². The van der Waals surface area contributed by atoms with Gasteiger partial charge in [0.05, 0.1) is 34.5 Å². The highest BCUT2D eigenvalue weighted by Crippen LogP contribution is 2.40. The summed E-state index contributed by atoms with van der Waals surface area (Å²) >= 11 is 0. The molecule has 2 fully saturated rings. The molecule has 2 saturated heterocycles. The summed E-state index contributed by atoms with van der Waals surface area (Å²) in [5.74, 6) is -0.0510. The summed E-state index contributed by atoms with van der Waals surface area (Å²) in [5, 5.41) is 12.9. The number of carbonyl (C=O) groups excluding carboxylic acids is 1. The standard InChI is InChI=1S/C32H33F4N5O2/c1-3-43-29-9-6-24(33)17-26(29)27-7-4-23(19-38-27)31(30(42)39-25-10-13-40(2)20-25)11-14-41(15-12-31)28-8-5-22(32(34,35)36)16-21(28)18-37/h4-9,16-17,19,25H,3,10-15,20H2,1-2H3,(H,39,42)/t25-/m1/s1. The van der Waals surface area contributed by atoms with Gasteiger partial charge in [0, 0.05) is 37.4 Å². The first-order valence-electron chi connectivity index (χ1n) is 14.3. The fourth-order valence-corrected chi connectivity index (χ4v) is 6.05. The lowest BCUT2D eigenvalue weighted by Crippen LogP contribution is -2.54. The molecular weight excluding hydrogens is 562 g/mol. The summed E-state index contributed by atoms with van der Waals surface area (Å²) in [4.78, 5) is 22.6. The number of nitrogens with one attached hydrogen (secondary N) is 1. The molecule has 0 unspecified atom stereocenters. The number of halogens is 4. The second-order valence-electron chi connectivity index (χ2n) is 11.1. The molecule has 1 N–H and O–H groups in total. The molecule has 3 aromatic rings. The van der Waals surface area contributed by atoms with Crippen molar-refractivity contribution in [2.24, 2.45) is 0 Å². The highest BCUT2D eigenvalue weighted by molar-refractivity contribution is 5.89. The van der Waals surface area contributed by atoms with Gasteiger partial charge >= 0.3 is 6.18 Å². The smallest absolute Gasteiger partial charge is 0.416 e. The number of pyridine rings is 1. The fraction of sp³-hybridized carbons (Fsp3) is 0.406. The van der Waals surface area contributed by atoms with Crippen molar-refractivity contribution in [2.75, 3.05) is 44.7 Å². The quantitative estimate of drug-likeness (QED) is 0.362. The molecule has 0 bridgehead atoms. The molecule has 5 rings (SSSR count). The number of nitrogens with zero attached hydrogens (tertiary/aromatic N) is 4. The summed E-state index contributed by atoms with van der Waals surface area (Å²) in [5.41, 5.74) is 0.214. The van der Waals surface area contributed by atoms with E-state index >= 15 is 0 Å². The molecule has 2 aromatic carbocycles. The van der Waals surface area contributed by atoms with Crippen molar-refractivity contribution in [3.05, 3.63) is 77.2 Å². The van der Waals surface area contributed by atoms with Crippen molar-refractivity contribution in [1.29, 1.82) is 5.26 Å². The normalized spacial score (nSPS) is 18.7. The summed E-state index contributed by atoms with van der Waals surface area (Å²) in [6.07, 6.45) is -1.36. The number of amides is 1. The van der Waals surface area contributed by atoms with Gasteiger partial charge in [-0.05, 0) is 87.8 Å².